The van der Waals surface area contributed by atoms with Crippen LogP contribution in [0.15, 0.2) is 48.5 Å². The lowest BCUT2D eigenvalue weighted by atomic mass is 10.1. The second-order valence-electron chi connectivity index (χ2n) is 6.63. The van der Waals surface area contributed by atoms with Gasteiger partial charge in [0, 0.05) is 24.3 Å². The summed E-state index contributed by atoms with van der Waals surface area (Å²) in [5.74, 6) is -0.0155. The third kappa shape index (κ3) is 7.60. The lowest BCUT2D eigenvalue weighted by Gasteiger charge is -2.10. The summed E-state index contributed by atoms with van der Waals surface area (Å²) >= 11 is 0. The molecule has 0 radical (unpaired) electrons. The first-order chi connectivity index (χ1) is 13.4. The molecule has 4 N–H and O–H groups in total. The summed E-state index contributed by atoms with van der Waals surface area (Å²) in [4.78, 5) is 11.9. The Labute approximate surface area is 163 Å². The Bertz CT molecular complexity index is 728. The number of nitrogens with one attached hydrogen (secondary N) is 2. The first kappa shape index (κ1) is 21.8. The topological polar surface area (TPSA) is 67.2 Å². The second kappa shape index (κ2) is 10.7. The molecule has 2 aromatic carbocycles. The summed E-state index contributed by atoms with van der Waals surface area (Å²) in [6.07, 6.45) is 0.0385. The van der Waals surface area contributed by atoms with Gasteiger partial charge in [-0.25, -0.2) is 0 Å². The summed E-state index contributed by atoms with van der Waals surface area (Å²) in [5.41, 5.74) is 7.06. The van der Waals surface area contributed by atoms with Gasteiger partial charge in [-0.2, -0.15) is 13.2 Å². The van der Waals surface area contributed by atoms with Crippen LogP contribution in [0.5, 0.6) is 0 Å². The van der Waals surface area contributed by atoms with Gasteiger partial charge in [-0.1, -0.05) is 25.0 Å². The van der Waals surface area contributed by atoms with Crippen molar-refractivity contribution in [2.45, 2.75) is 44.8 Å². The van der Waals surface area contributed by atoms with Gasteiger partial charge in [0.05, 0.1) is 5.56 Å². The first-order valence-corrected chi connectivity index (χ1v) is 9.38. The predicted molar refractivity (Wildman–Crippen MR) is 106 cm³/mol. The van der Waals surface area contributed by atoms with Gasteiger partial charge in [0.2, 0.25) is 5.91 Å². The number of carbonyl (C=O) groups is 1. The number of amides is 1. The standard InChI is InChI=1S/C21H26F3N3O/c22-21(23,24)17-8-6-16(7-9-17)15-26-18-10-12-19(13-11-18)27-20(28)5-3-1-2-4-14-25/h6-13,26H,1-5,14-15,25H2,(H,27,28). The number of rotatable bonds is 10. The van der Waals surface area contributed by atoms with Gasteiger partial charge in [-0.05, 0) is 61.3 Å². The number of hydrogen-bond donors (Lipinski definition) is 3. The molecule has 0 heterocycles. The minimum absolute atomic E-state index is 0.0155. The molecule has 0 unspecified atom stereocenters. The number of alkyl halides is 3. The monoisotopic (exact) mass is 393 g/mol. The van der Waals surface area contributed by atoms with Crippen LogP contribution in [0.25, 0.3) is 0 Å². The highest BCUT2D eigenvalue weighted by Crippen LogP contribution is 2.29. The average molecular weight is 393 g/mol. The molecule has 2 aromatic rings. The highest BCUT2D eigenvalue weighted by Gasteiger charge is 2.29. The largest absolute Gasteiger partial charge is 0.416 e. The zero-order valence-electron chi connectivity index (χ0n) is 15.7. The van der Waals surface area contributed by atoms with Gasteiger partial charge in [0.1, 0.15) is 0 Å². The molecule has 0 aliphatic heterocycles. The number of nitrogens with two attached hydrogens (primary N) is 1. The molecule has 0 aromatic heterocycles. The zero-order chi connectivity index (χ0) is 20.4. The molecular formula is C21H26F3N3O. The molecule has 28 heavy (non-hydrogen) atoms. The van der Waals surface area contributed by atoms with E-state index in [1.54, 1.807) is 12.1 Å². The molecule has 0 aliphatic rings. The van der Waals surface area contributed by atoms with E-state index in [0.717, 1.165) is 49.1 Å². The highest BCUT2D eigenvalue weighted by molar-refractivity contribution is 5.90. The molecule has 0 spiro atoms. The smallest absolute Gasteiger partial charge is 0.381 e. The van der Waals surface area contributed by atoms with Gasteiger partial charge < -0.3 is 16.4 Å². The number of hydrogen-bond acceptors (Lipinski definition) is 3. The van der Waals surface area contributed by atoms with Crippen molar-refractivity contribution in [1.29, 1.82) is 0 Å². The fourth-order valence-corrected chi connectivity index (χ4v) is 2.69. The fourth-order valence-electron chi connectivity index (χ4n) is 2.69. The van der Waals surface area contributed by atoms with Crippen LogP contribution in [0, 0.1) is 0 Å². The zero-order valence-corrected chi connectivity index (χ0v) is 15.7. The summed E-state index contributed by atoms with van der Waals surface area (Å²) in [6, 6.07) is 12.3. The summed E-state index contributed by atoms with van der Waals surface area (Å²) in [5, 5.41) is 6.01. The number of anilines is 2. The third-order valence-corrected chi connectivity index (χ3v) is 4.30. The molecule has 7 heteroatoms. The summed E-state index contributed by atoms with van der Waals surface area (Å²) in [6.45, 7) is 1.10. The molecule has 152 valence electrons. The van der Waals surface area contributed by atoms with Crippen molar-refractivity contribution in [1.82, 2.24) is 0 Å². The van der Waals surface area contributed by atoms with Crippen molar-refractivity contribution in [2.75, 3.05) is 17.2 Å². The van der Waals surface area contributed by atoms with Gasteiger partial charge in [-0.15, -0.1) is 0 Å². The van der Waals surface area contributed by atoms with Crippen molar-refractivity contribution in [3.63, 3.8) is 0 Å². The number of carbonyl (C=O) groups excluding carboxylic acids is 1. The molecule has 1 amide bonds. The van der Waals surface area contributed by atoms with Crippen LogP contribution in [0.3, 0.4) is 0 Å². The van der Waals surface area contributed by atoms with Crippen LogP contribution < -0.4 is 16.4 Å². The van der Waals surface area contributed by atoms with Gasteiger partial charge in [0.25, 0.3) is 0 Å². The normalized spacial score (nSPS) is 11.3. The van der Waals surface area contributed by atoms with Crippen molar-refractivity contribution < 1.29 is 18.0 Å². The molecule has 0 saturated carbocycles. The Morgan fingerprint density at radius 1 is 0.857 bits per heavy atom. The SMILES string of the molecule is NCCCCCCC(=O)Nc1ccc(NCc2ccc(C(F)(F)F)cc2)cc1. The van der Waals surface area contributed by atoms with E-state index in [1.807, 2.05) is 12.1 Å². The van der Waals surface area contributed by atoms with E-state index in [0.29, 0.717) is 25.2 Å². The van der Waals surface area contributed by atoms with E-state index >= 15 is 0 Å². The summed E-state index contributed by atoms with van der Waals surface area (Å²) < 4.78 is 37.7. The number of halogens is 3. The maximum atomic E-state index is 12.6. The van der Waals surface area contributed by atoms with Gasteiger partial charge in [-0.3, -0.25) is 4.79 Å². The molecule has 0 atom stereocenters. The minimum atomic E-state index is -4.32. The lowest BCUT2D eigenvalue weighted by Crippen LogP contribution is -2.11. The Hall–Kier alpha value is -2.54. The van der Waals surface area contributed by atoms with Crippen LogP contribution in [0.2, 0.25) is 0 Å². The van der Waals surface area contributed by atoms with Crippen LogP contribution in [-0.4, -0.2) is 12.5 Å². The van der Waals surface area contributed by atoms with Crippen LogP contribution >= 0.6 is 0 Å². The Morgan fingerprint density at radius 2 is 1.46 bits per heavy atom. The second-order valence-corrected chi connectivity index (χ2v) is 6.63. The lowest BCUT2D eigenvalue weighted by molar-refractivity contribution is -0.137. The molecular weight excluding hydrogens is 367 g/mol. The van der Waals surface area contributed by atoms with Crippen molar-refractivity contribution >= 4 is 17.3 Å². The Kier molecular flexibility index (Phi) is 8.32. The van der Waals surface area contributed by atoms with Crippen molar-refractivity contribution in [2.24, 2.45) is 5.73 Å². The maximum absolute atomic E-state index is 12.6. The maximum Gasteiger partial charge on any atom is 0.416 e. The van der Waals surface area contributed by atoms with Gasteiger partial charge in [0.15, 0.2) is 0 Å². The predicted octanol–water partition coefficient (Wildman–Crippen LogP) is 5.17. The van der Waals surface area contributed by atoms with Crippen LogP contribution in [-0.2, 0) is 17.5 Å². The van der Waals surface area contributed by atoms with Crippen molar-refractivity contribution in [3.8, 4) is 0 Å². The van der Waals surface area contributed by atoms with E-state index < -0.39 is 11.7 Å². The summed E-state index contributed by atoms with van der Waals surface area (Å²) in [7, 11) is 0. The molecule has 0 saturated heterocycles. The van der Waals surface area contributed by atoms with E-state index in [9.17, 15) is 18.0 Å². The molecule has 0 aliphatic carbocycles. The minimum Gasteiger partial charge on any atom is -0.381 e. The van der Waals surface area contributed by atoms with E-state index in [-0.39, 0.29) is 5.91 Å². The fraction of sp³-hybridized carbons (Fsp3) is 0.381. The van der Waals surface area contributed by atoms with E-state index in [2.05, 4.69) is 10.6 Å². The number of unbranched alkanes of at least 4 members (excludes halogenated alkanes) is 3. The van der Waals surface area contributed by atoms with Crippen LogP contribution in [0.4, 0.5) is 24.5 Å². The molecule has 0 bridgehead atoms. The Morgan fingerprint density at radius 3 is 2.07 bits per heavy atom. The van der Waals surface area contributed by atoms with Crippen molar-refractivity contribution in [3.05, 3.63) is 59.7 Å². The van der Waals surface area contributed by atoms with Crippen LogP contribution in [0.1, 0.15) is 43.2 Å². The Balaban J connectivity index is 1.75. The average Bonchev–Trinajstić information content (AvgIpc) is 2.67. The van der Waals surface area contributed by atoms with Gasteiger partial charge >= 0.3 is 6.18 Å². The van der Waals surface area contributed by atoms with E-state index in [1.165, 1.54) is 12.1 Å². The quantitative estimate of drug-likeness (QED) is 0.488. The van der Waals surface area contributed by atoms with E-state index in [4.69, 9.17) is 5.73 Å². The highest BCUT2D eigenvalue weighted by atomic mass is 19.4. The molecule has 0 fully saturated rings. The molecule has 4 nitrogen and oxygen atoms in total. The molecule has 2 rings (SSSR count). The third-order valence-electron chi connectivity index (χ3n) is 4.30. The first-order valence-electron chi connectivity index (χ1n) is 9.38. The number of benzene rings is 2.